The number of nitrogens with one attached hydrogen (secondary N) is 2. The maximum Gasteiger partial charge on any atom is 0.00670 e. The Morgan fingerprint density at radius 2 is 1.69 bits per heavy atom. The van der Waals surface area contributed by atoms with Gasteiger partial charge in [-0.3, -0.25) is 0 Å². The highest BCUT2D eigenvalue weighted by molar-refractivity contribution is 4.72. The Bertz CT molecular complexity index is 166. The molecule has 0 aromatic rings. The smallest absolute Gasteiger partial charge is 0.00670 e. The van der Waals surface area contributed by atoms with Crippen LogP contribution >= 0.6 is 0 Å². The van der Waals surface area contributed by atoms with Gasteiger partial charge in [0.1, 0.15) is 0 Å². The first-order chi connectivity index (χ1) is 7.58. The number of rotatable bonds is 6. The molecule has 1 fully saturated rings. The van der Waals surface area contributed by atoms with E-state index in [1.54, 1.807) is 0 Å². The van der Waals surface area contributed by atoms with Gasteiger partial charge >= 0.3 is 0 Å². The lowest BCUT2D eigenvalue weighted by Gasteiger charge is -2.23. The quantitative estimate of drug-likeness (QED) is 0.681. The SMILES string of the molecule is CC(C)(C)CNCCCNC1CCCCC1. The molecule has 96 valence electrons. The molecule has 2 heteroatoms. The summed E-state index contributed by atoms with van der Waals surface area (Å²) in [7, 11) is 0. The third kappa shape index (κ3) is 7.24. The molecular formula is C14H30N2. The molecule has 16 heavy (non-hydrogen) atoms. The third-order valence-electron chi connectivity index (χ3n) is 3.22. The van der Waals surface area contributed by atoms with Crippen LogP contribution in [0.5, 0.6) is 0 Å². The Labute approximate surface area is 102 Å². The summed E-state index contributed by atoms with van der Waals surface area (Å²) in [4.78, 5) is 0. The van der Waals surface area contributed by atoms with Gasteiger partial charge in [0.25, 0.3) is 0 Å². The average molecular weight is 226 g/mol. The first-order valence-electron chi connectivity index (χ1n) is 7.02. The van der Waals surface area contributed by atoms with Gasteiger partial charge in [0.15, 0.2) is 0 Å². The van der Waals surface area contributed by atoms with Gasteiger partial charge in [0.05, 0.1) is 0 Å². The highest BCUT2D eigenvalue weighted by atomic mass is 14.9. The van der Waals surface area contributed by atoms with Crippen molar-refractivity contribution in [2.75, 3.05) is 19.6 Å². The van der Waals surface area contributed by atoms with Crippen molar-refractivity contribution in [2.24, 2.45) is 5.41 Å². The molecule has 2 N–H and O–H groups in total. The predicted molar refractivity (Wildman–Crippen MR) is 71.8 cm³/mol. The zero-order valence-electron chi connectivity index (χ0n) is 11.4. The minimum atomic E-state index is 0.413. The van der Waals surface area contributed by atoms with Crippen LogP contribution in [0.25, 0.3) is 0 Å². The molecule has 0 amide bonds. The van der Waals surface area contributed by atoms with Crippen molar-refractivity contribution in [1.82, 2.24) is 10.6 Å². The van der Waals surface area contributed by atoms with E-state index in [-0.39, 0.29) is 0 Å². The van der Waals surface area contributed by atoms with Crippen molar-refractivity contribution in [3.05, 3.63) is 0 Å². The van der Waals surface area contributed by atoms with Crippen molar-refractivity contribution in [3.63, 3.8) is 0 Å². The Balaban J connectivity index is 1.87. The third-order valence-corrected chi connectivity index (χ3v) is 3.22. The maximum absolute atomic E-state index is 3.68. The molecule has 0 aromatic carbocycles. The minimum absolute atomic E-state index is 0.413. The summed E-state index contributed by atoms with van der Waals surface area (Å²) in [6.07, 6.45) is 8.36. The lowest BCUT2D eigenvalue weighted by atomic mass is 9.95. The van der Waals surface area contributed by atoms with Crippen LogP contribution in [0.2, 0.25) is 0 Å². The second kappa shape index (κ2) is 7.29. The summed E-state index contributed by atoms with van der Waals surface area (Å²) in [6.45, 7) is 10.3. The zero-order chi connectivity index (χ0) is 11.9. The highest BCUT2D eigenvalue weighted by Gasteiger charge is 2.12. The van der Waals surface area contributed by atoms with Crippen LogP contribution in [0.15, 0.2) is 0 Å². The van der Waals surface area contributed by atoms with E-state index in [2.05, 4.69) is 31.4 Å². The van der Waals surface area contributed by atoms with Gasteiger partial charge in [0, 0.05) is 6.04 Å². The molecular weight excluding hydrogens is 196 g/mol. The Hall–Kier alpha value is -0.0800. The van der Waals surface area contributed by atoms with E-state index < -0.39 is 0 Å². The summed E-state index contributed by atoms with van der Waals surface area (Å²) < 4.78 is 0. The van der Waals surface area contributed by atoms with Gasteiger partial charge in [-0.25, -0.2) is 0 Å². The predicted octanol–water partition coefficient (Wildman–Crippen LogP) is 2.93. The summed E-state index contributed by atoms with van der Waals surface area (Å²) in [5, 5.41) is 7.20. The van der Waals surface area contributed by atoms with E-state index >= 15 is 0 Å². The van der Waals surface area contributed by atoms with Crippen LogP contribution in [0.4, 0.5) is 0 Å². The Kier molecular flexibility index (Phi) is 6.37. The topological polar surface area (TPSA) is 24.1 Å². The molecule has 1 aliphatic rings. The largest absolute Gasteiger partial charge is 0.316 e. The second-order valence-electron chi connectivity index (χ2n) is 6.38. The van der Waals surface area contributed by atoms with E-state index in [1.165, 1.54) is 45.1 Å². The molecule has 0 saturated heterocycles. The molecule has 2 nitrogen and oxygen atoms in total. The van der Waals surface area contributed by atoms with E-state index in [1.807, 2.05) is 0 Å². The fraction of sp³-hybridized carbons (Fsp3) is 1.00. The van der Waals surface area contributed by atoms with Crippen molar-refractivity contribution >= 4 is 0 Å². The number of hydrogen-bond donors (Lipinski definition) is 2. The summed E-state index contributed by atoms with van der Waals surface area (Å²) in [5.74, 6) is 0. The van der Waals surface area contributed by atoms with Gasteiger partial charge in [-0.2, -0.15) is 0 Å². The first-order valence-corrected chi connectivity index (χ1v) is 7.02. The van der Waals surface area contributed by atoms with Gasteiger partial charge in [0.2, 0.25) is 0 Å². The lowest BCUT2D eigenvalue weighted by Crippen LogP contribution is -2.34. The molecule has 1 saturated carbocycles. The van der Waals surface area contributed by atoms with Gasteiger partial charge in [-0.15, -0.1) is 0 Å². The van der Waals surface area contributed by atoms with Crippen molar-refractivity contribution in [3.8, 4) is 0 Å². The summed E-state index contributed by atoms with van der Waals surface area (Å²) >= 11 is 0. The van der Waals surface area contributed by atoms with E-state index in [0.717, 1.165) is 19.1 Å². The maximum atomic E-state index is 3.68. The van der Waals surface area contributed by atoms with E-state index in [9.17, 15) is 0 Å². The zero-order valence-corrected chi connectivity index (χ0v) is 11.4. The minimum Gasteiger partial charge on any atom is -0.316 e. The van der Waals surface area contributed by atoms with Gasteiger partial charge in [-0.1, -0.05) is 40.0 Å². The molecule has 0 radical (unpaired) electrons. The standard InChI is InChI=1S/C14H30N2/c1-14(2,3)12-15-10-7-11-16-13-8-5-4-6-9-13/h13,15-16H,4-12H2,1-3H3. The Morgan fingerprint density at radius 3 is 2.31 bits per heavy atom. The fourth-order valence-electron chi connectivity index (χ4n) is 2.29. The van der Waals surface area contributed by atoms with Crippen molar-refractivity contribution < 1.29 is 0 Å². The lowest BCUT2D eigenvalue weighted by molar-refractivity contribution is 0.359. The molecule has 0 heterocycles. The molecule has 0 spiro atoms. The molecule has 1 rings (SSSR count). The fourth-order valence-corrected chi connectivity index (χ4v) is 2.29. The number of hydrogen-bond acceptors (Lipinski definition) is 2. The van der Waals surface area contributed by atoms with Crippen LogP contribution in [0.3, 0.4) is 0 Å². The van der Waals surface area contributed by atoms with Crippen LogP contribution in [-0.2, 0) is 0 Å². The highest BCUT2D eigenvalue weighted by Crippen LogP contribution is 2.17. The van der Waals surface area contributed by atoms with Crippen molar-refractivity contribution in [1.29, 1.82) is 0 Å². The van der Waals surface area contributed by atoms with Gasteiger partial charge < -0.3 is 10.6 Å². The summed E-state index contributed by atoms with van der Waals surface area (Å²) in [6, 6.07) is 0.816. The van der Waals surface area contributed by atoms with Crippen LogP contribution in [0.1, 0.15) is 59.3 Å². The molecule has 0 unspecified atom stereocenters. The van der Waals surface area contributed by atoms with Crippen LogP contribution in [-0.4, -0.2) is 25.7 Å². The monoisotopic (exact) mass is 226 g/mol. The molecule has 0 atom stereocenters. The Morgan fingerprint density at radius 1 is 1.00 bits per heavy atom. The molecule has 0 bridgehead atoms. The first kappa shape index (κ1) is 14.0. The van der Waals surface area contributed by atoms with E-state index in [4.69, 9.17) is 0 Å². The van der Waals surface area contributed by atoms with Crippen LogP contribution < -0.4 is 10.6 Å². The molecule has 0 aromatic heterocycles. The normalized spacial score (nSPS) is 18.9. The van der Waals surface area contributed by atoms with E-state index in [0.29, 0.717) is 5.41 Å². The van der Waals surface area contributed by atoms with Crippen molar-refractivity contribution in [2.45, 2.75) is 65.3 Å². The van der Waals surface area contributed by atoms with Gasteiger partial charge in [-0.05, 0) is 44.3 Å². The van der Waals surface area contributed by atoms with Crippen LogP contribution in [0, 0.1) is 5.41 Å². The second-order valence-corrected chi connectivity index (χ2v) is 6.38. The summed E-state index contributed by atoms with van der Waals surface area (Å²) in [5.41, 5.74) is 0.413. The molecule has 0 aliphatic heterocycles. The molecule has 1 aliphatic carbocycles. The average Bonchev–Trinajstić information content (AvgIpc) is 2.23.